The molecule has 5 nitrogen and oxygen atoms in total. The zero-order chi connectivity index (χ0) is 17.1. The summed E-state index contributed by atoms with van der Waals surface area (Å²) >= 11 is 0. The van der Waals surface area contributed by atoms with Crippen molar-refractivity contribution in [2.45, 2.75) is 19.3 Å². The normalized spacial score (nSPS) is 19.7. The number of carbonyl (C=O) groups excluding carboxylic acids is 1. The quantitative estimate of drug-likeness (QED) is 0.656. The van der Waals surface area contributed by atoms with Gasteiger partial charge < -0.3 is 9.84 Å². The van der Waals surface area contributed by atoms with E-state index in [0.29, 0.717) is 11.5 Å². The first-order chi connectivity index (χ1) is 11.6. The summed E-state index contributed by atoms with van der Waals surface area (Å²) in [5.41, 5.74) is 5.27. The van der Waals surface area contributed by atoms with Crippen molar-refractivity contribution in [1.29, 1.82) is 0 Å². The number of rotatable bonds is 5. The molecule has 124 valence electrons. The number of benzene rings is 2. The average Bonchev–Trinajstić information content (AvgIpc) is 3.41. The van der Waals surface area contributed by atoms with Crippen molar-refractivity contribution in [2.24, 2.45) is 11.0 Å². The van der Waals surface area contributed by atoms with Gasteiger partial charge >= 0.3 is 0 Å². The molecule has 0 saturated heterocycles. The van der Waals surface area contributed by atoms with E-state index in [4.69, 9.17) is 4.74 Å². The summed E-state index contributed by atoms with van der Waals surface area (Å²) in [6.45, 7) is 1.80. The number of carbonyl (C=O) groups is 1. The summed E-state index contributed by atoms with van der Waals surface area (Å²) in [5, 5.41) is 13.8. The molecule has 0 bridgehead atoms. The fraction of sp³-hybridized carbons (Fsp3) is 0.263. The summed E-state index contributed by atoms with van der Waals surface area (Å²) in [6, 6.07) is 15.0. The maximum Gasteiger partial charge on any atom is 0.243 e. The van der Waals surface area contributed by atoms with Gasteiger partial charge in [-0.2, -0.15) is 5.10 Å². The lowest BCUT2D eigenvalue weighted by Gasteiger charge is -2.07. The fourth-order valence-electron chi connectivity index (χ4n) is 2.74. The van der Waals surface area contributed by atoms with Crippen LogP contribution in [0.15, 0.2) is 53.6 Å². The van der Waals surface area contributed by atoms with Crippen molar-refractivity contribution in [2.75, 3.05) is 7.11 Å². The smallest absolute Gasteiger partial charge is 0.243 e. The average molecular weight is 324 g/mol. The summed E-state index contributed by atoms with van der Waals surface area (Å²) < 4.78 is 5.08. The fourth-order valence-corrected chi connectivity index (χ4v) is 2.74. The largest absolute Gasteiger partial charge is 0.504 e. The van der Waals surface area contributed by atoms with E-state index in [1.807, 2.05) is 18.2 Å². The van der Waals surface area contributed by atoms with Gasteiger partial charge in [0.25, 0.3) is 0 Å². The molecule has 1 aliphatic carbocycles. The molecule has 0 spiro atoms. The van der Waals surface area contributed by atoms with Crippen LogP contribution in [-0.2, 0) is 4.79 Å². The Labute approximate surface area is 141 Å². The second-order valence-electron chi connectivity index (χ2n) is 5.92. The van der Waals surface area contributed by atoms with Gasteiger partial charge in [0.1, 0.15) is 0 Å². The molecule has 0 aromatic heterocycles. The second-order valence-corrected chi connectivity index (χ2v) is 5.92. The molecule has 2 unspecified atom stereocenters. The van der Waals surface area contributed by atoms with Crippen LogP contribution in [0, 0.1) is 5.92 Å². The Bertz CT molecular complexity index is 771. The van der Waals surface area contributed by atoms with Gasteiger partial charge in [0.15, 0.2) is 11.5 Å². The Morgan fingerprint density at radius 3 is 2.71 bits per heavy atom. The number of methoxy groups -OCH3 is 1. The number of phenols is 1. The Balaban J connectivity index is 1.62. The van der Waals surface area contributed by atoms with E-state index < -0.39 is 0 Å². The topological polar surface area (TPSA) is 70.9 Å². The van der Waals surface area contributed by atoms with Gasteiger partial charge in [0.05, 0.1) is 12.8 Å². The van der Waals surface area contributed by atoms with Gasteiger partial charge in [-0.25, -0.2) is 5.43 Å². The molecule has 2 aromatic rings. The number of aromatic hydroxyl groups is 1. The van der Waals surface area contributed by atoms with Crippen LogP contribution < -0.4 is 10.2 Å². The van der Waals surface area contributed by atoms with E-state index in [-0.39, 0.29) is 23.5 Å². The highest BCUT2D eigenvalue weighted by atomic mass is 16.5. The van der Waals surface area contributed by atoms with Crippen molar-refractivity contribution in [1.82, 2.24) is 5.43 Å². The van der Waals surface area contributed by atoms with Gasteiger partial charge in [-0.05, 0) is 43.0 Å². The monoisotopic (exact) mass is 324 g/mol. The first-order valence-electron chi connectivity index (χ1n) is 7.86. The van der Waals surface area contributed by atoms with Crippen molar-refractivity contribution >= 4 is 11.6 Å². The van der Waals surface area contributed by atoms with E-state index in [0.717, 1.165) is 12.0 Å². The number of nitrogens with one attached hydrogen (secondary N) is 1. The number of amides is 1. The zero-order valence-electron chi connectivity index (χ0n) is 13.7. The first-order valence-corrected chi connectivity index (χ1v) is 7.86. The molecule has 2 atom stereocenters. The van der Waals surface area contributed by atoms with E-state index in [2.05, 4.69) is 22.7 Å². The minimum Gasteiger partial charge on any atom is -0.504 e. The summed E-state index contributed by atoms with van der Waals surface area (Å²) in [7, 11) is 1.49. The summed E-state index contributed by atoms with van der Waals surface area (Å²) in [6.07, 6.45) is 0.859. The molecular weight excluding hydrogens is 304 g/mol. The molecule has 0 aliphatic heterocycles. The van der Waals surface area contributed by atoms with E-state index in [9.17, 15) is 9.90 Å². The van der Waals surface area contributed by atoms with Gasteiger partial charge in [-0.3, -0.25) is 4.79 Å². The van der Waals surface area contributed by atoms with Crippen LogP contribution in [-0.4, -0.2) is 23.8 Å². The van der Waals surface area contributed by atoms with Crippen LogP contribution in [0.2, 0.25) is 0 Å². The highest BCUT2D eigenvalue weighted by Gasteiger charge is 2.43. The van der Waals surface area contributed by atoms with E-state index in [1.54, 1.807) is 25.1 Å². The Hall–Kier alpha value is -2.82. The van der Waals surface area contributed by atoms with Gasteiger partial charge in [-0.1, -0.05) is 30.3 Å². The predicted octanol–water partition coefficient (Wildman–Crippen LogP) is 3.04. The van der Waals surface area contributed by atoms with Crippen molar-refractivity contribution in [3.8, 4) is 11.5 Å². The standard InChI is InChI=1S/C19H20N2O3/c1-12(14-8-9-17(22)18(10-14)24-2)20-21-19(23)16-11-15(16)13-6-4-3-5-7-13/h3-10,15-16,22H,11H2,1-2H3,(H,21,23). The van der Waals surface area contributed by atoms with Gasteiger partial charge in [-0.15, -0.1) is 0 Å². The maximum atomic E-state index is 12.2. The second kappa shape index (κ2) is 6.74. The van der Waals surface area contributed by atoms with Crippen LogP contribution in [0.1, 0.15) is 30.4 Å². The third kappa shape index (κ3) is 3.40. The van der Waals surface area contributed by atoms with Crippen molar-refractivity contribution in [3.05, 3.63) is 59.7 Å². The van der Waals surface area contributed by atoms with Crippen LogP contribution in [0.25, 0.3) is 0 Å². The molecule has 1 aliphatic rings. The molecule has 0 radical (unpaired) electrons. The molecule has 3 rings (SSSR count). The molecule has 2 N–H and O–H groups in total. The lowest BCUT2D eigenvalue weighted by atomic mass is 10.1. The van der Waals surface area contributed by atoms with E-state index >= 15 is 0 Å². The zero-order valence-corrected chi connectivity index (χ0v) is 13.7. The maximum absolute atomic E-state index is 12.2. The summed E-state index contributed by atoms with van der Waals surface area (Å²) in [4.78, 5) is 12.2. The summed E-state index contributed by atoms with van der Waals surface area (Å²) in [5.74, 6) is 0.657. The Morgan fingerprint density at radius 2 is 2.00 bits per heavy atom. The Kier molecular flexibility index (Phi) is 4.51. The minimum atomic E-state index is -0.0612. The van der Waals surface area contributed by atoms with Crippen molar-refractivity contribution in [3.63, 3.8) is 0 Å². The third-order valence-electron chi connectivity index (χ3n) is 4.29. The SMILES string of the molecule is COc1cc(C(C)=NNC(=O)C2CC2c2ccccc2)ccc1O. The lowest BCUT2D eigenvalue weighted by molar-refractivity contribution is -0.122. The first kappa shape index (κ1) is 16.1. The molecular formula is C19H20N2O3. The van der Waals surface area contributed by atoms with Crippen molar-refractivity contribution < 1.29 is 14.6 Å². The lowest BCUT2D eigenvalue weighted by Crippen LogP contribution is -2.21. The predicted molar refractivity (Wildman–Crippen MR) is 92.3 cm³/mol. The Morgan fingerprint density at radius 1 is 1.25 bits per heavy atom. The van der Waals surface area contributed by atoms with Crippen LogP contribution >= 0.6 is 0 Å². The van der Waals surface area contributed by atoms with E-state index in [1.165, 1.54) is 12.7 Å². The molecule has 1 saturated carbocycles. The van der Waals surface area contributed by atoms with Gasteiger partial charge in [0.2, 0.25) is 5.91 Å². The molecule has 5 heteroatoms. The number of phenolic OH excluding ortho intramolecular Hbond substituents is 1. The third-order valence-corrected chi connectivity index (χ3v) is 4.29. The highest BCUT2D eigenvalue weighted by Crippen LogP contribution is 2.47. The molecule has 1 fully saturated rings. The number of ether oxygens (including phenoxy) is 1. The highest BCUT2D eigenvalue weighted by molar-refractivity contribution is 6.00. The van der Waals surface area contributed by atoms with Crippen LogP contribution in [0.3, 0.4) is 0 Å². The number of hydrogen-bond acceptors (Lipinski definition) is 4. The number of nitrogens with zero attached hydrogens (tertiary/aromatic N) is 1. The number of hydrazone groups is 1. The molecule has 0 heterocycles. The molecule has 2 aromatic carbocycles. The van der Waals surface area contributed by atoms with Crippen LogP contribution in [0.5, 0.6) is 11.5 Å². The minimum absolute atomic E-state index is 0.0155. The van der Waals surface area contributed by atoms with Gasteiger partial charge in [0, 0.05) is 11.5 Å². The molecule has 1 amide bonds. The molecule has 24 heavy (non-hydrogen) atoms. The number of hydrogen-bond donors (Lipinski definition) is 2. The van der Waals surface area contributed by atoms with Crippen LogP contribution in [0.4, 0.5) is 0 Å².